The number of nitrogens with one attached hydrogen (secondary N) is 1. The van der Waals surface area contributed by atoms with E-state index in [4.69, 9.17) is 30.2 Å². The third-order valence-electron chi connectivity index (χ3n) is 4.51. The van der Waals surface area contributed by atoms with Crippen LogP contribution in [-0.2, 0) is 17.8 Å². The average molecular weight is 431 g/mol. The molecule has 8 heteroatoms. The first-order valence-corrected chi connectivity index (χ1v) is 9.68. The summed E-state index contributed by atoms with van der Waals surface area (Å²) in [5, 5.41) is 3.53. The number of rotatable bonds is 9. The minimum atomic E-state index is -0.127. The highest BCUT2D eigenvalue weighted by atomic mass is 35.5. The van der Waals surface area contributed by atoms with Crippen LogP contribution >= 0.6 is 11.6 Å². The first-order chi connectivity index (χ1) is 14.5. The van der Waals surface area contributed by atoms with Gasteiger partial charge in [0.25, 0.3) is 0 Å². The molecule has 158 valence electrons. The van der Waals surface area contributed by atoms with Crippen molar-refractivity contribution >= 4 is 17.5 Å². The van der Waals surface area contributed by atoms with Gasteiger partial charge in [-0.1, -0.05) is 11.6 Å². The number of halogens is 1. The molecule has 0 aliphatic heterocycles. The van der Waals surface area contributed by atoms with Gasteiger partial charge in [0.1, 0.15) is 5.75 Å². The van der Waals surface area contributed by atoms with Crippen LogP contribution in [0.15, 0.2) is 47.0 Å². The van der Waals surface area contributed by atoms with Crippen molar-refractivity contribution in [3.63, 3.8) is 0 Å². The quantitative estimate of drug-likeness (QED) is 0.546. The minimum absolute atomic E-state index is 0.127. The number of hydrogen-bond donors (Lipinski definition) is 1. The molecule has 2 aromatic carbocycles. The highest BCUT2D eigenvalue weighted by molar-refractivity contribution is 6.30. The van der Waals surface area contributed by atoms with Gasteiger partial charge >= 0.3 is 0 Å². The lowest BCUT2D eigenvalue weighted by molar-refractivity contribution is -0.121. The SMILES string of the molecule is COc1cc(OC)c(OC)cc1CNC(=O)CCc1ncc(-c2ccc(Cl)cc2)o1. The summed E-state index contributed by atoms with van der Waals surface area (Å²) in [5.74, 6) is 2.74. The second-order valence-corrected chi connectivity index (χ2v) is 6.86. The molecule has 0 saturated heterocycles. The normalized spacial score (nSPS) is 10.5. The van der Waals surface area contributed by atoms with Crippen LogP contribution in [0.4, 0.5) is 0 Å². The molecular formula is C22H23ClN2O5. The van der Waals surface area contributed by atoms with Crippen molar-refractivity contribution in [3.05, 3.63) is 59.1 Å². The Hall–Kier alpha value is -3.19. The molecule has 0 saturated carbocycles. The molecule has 0 bridgehead atoms. The molecule has 3 rings (SSSR count). The van der Waals surface area contributed by atoms with Crippen LogP contribution in [0.5, 0.6) is 17.2 Å². The fourth-order valence-electron chi connectivity index (χ4n) is 2.91. The molecule has 3 aromatic rings. The molecule has 7 nitrogen and oxygen atoms in total. The number of hydrogen-bond acceptors (Lipinski definition) is 6. The van der Waals surface area contributed by atoms with Crippen LogP contribution in [0, 0.1) is 0 Å². The zero-order valence-electron chi connectivity index (χ0n) is 17.0. The maximum atomic E-state index is 12.3. The molecule has 0 radical (unpaired) electrons. The fourth-order valence-corrected chi connectivity index (χ4v) is 3.03. The van der Waals surface area contributed by atoms with Crippen molar-refractivity contribution in [2.75, 3.05) is 21.3 Å². The van der Waals surface area contributed by atoms with Crippen molar-refractivity contribution in [2.24, 2.45) is 0 Å². The predicted octanol–water partition coefficient (Wildman–Crippen LogP) is 4.27. The molecule has 0 unspecified atom stereocenters. The van der Waals surface area contributed by atoms with Crippen molar-refractivity contribution in [1.82, 2.24) is 10.3 Å². The Morgan fingerprint density at radius 2 is 1.70 bits per heavy atom. The number of amides is 1. The topological polar surface area (TPSA) is 82.8 Å². The molecule has 1 N–H and O–H groups in total. The van der Waals surface area contributed by atoms with Gasteiger partial charge in [0, 0.05) is 41.6 Å². The van der Waals surface area contributed by atoms with Gasteiger partial charge in [0.15, 0.2) is 23.1 Å². The van der Waals surface area contributed by atoms with E-state index in [-0.39, 0.29) is 12.3 Å². The van der Waals surface area contributed by atoms with E-state index in [1.165, 1.54) is 0 Å². The third kappa shape index (κ3) is 5.24. The molecule has 1 amide bonds. The lowest BCUT2D eigenvalue weighted by Crippen LogP contribution is -2.23. The highest BCUT2D eigenvalue weighted by Crippen LogP contribution is 2.34. The number of benzene rings is 2. The van der Waals surface area contributed by atoms with Crippen molar-refractivity contribution < 1.29 is 23.4 Å². The monoisotopic (exact) mass is 430 g/mol. The molecule has 30 heavy (non-hydrogen) atoms. The van der Waals surface area contributed by atoms with E-state index in [1.807, 2.05) is 12.1 Å². The van der Waals surface area contributed by atoms with E-state index in [9.17, 15) is 4.79 Å². The fraction of sp³-hybridized carbons (Fsp3) is 0.273. The van der Waals surface area contributed by atoms with Gasteiger partial charge < -0.3 is 23.9 Å². The summed E-state index contributed by atoms with van der Waals surface area (Å²) >= 11 is 5.90. The first kappa shape index (κ1) is 21.5. The Bertz CT molecular complexity index is 1000. The van der Waals surface area contributed by atoms with E-state index in [0.717, 1.165) is 11.1 Å². The highest BCUT2D eigenvalue weighted by Gasteiger charge is 2.14. The van der Waals surface area contributed by atoms with Crippen LogP contribution in [0.3, 0.4) is 0 Å². The lowest BCUT2D eigenvalue weighted by atomic mass is 10.1. The third-order valence-corrected chi connectivity index (χ3v) is 4.76. The number of carbonyl (C=O) groups excluding carboxylic acids is 1. The van der Waals surface area contributed by atoms with Crippen LogP contribution in [-0.4, -0.2) is 32.2 Å². The predicted molar refractivity (Wildman–Crippen MR) is 113 cm³/mol. The number of methoxy groups -OCH3 is 3. The Morgan fingerprint density at radius 3 is 2.37 bits per heavy atom. The Balaban J connectivity index is 1.56. The van der Waals surface area contributed by atoms with Gasteiger partial charge in [0.05, 0.1) is 27.5 Å². The number of ether oxygens (including phenoxy) is 3. The largest absolute Gasteiger partial charge is 0.496 e. The number of aryl methyl sites for hydroxylation is 1. The molecule has 1 aromatic heterocycles. The summed E-state index contributed by atoms with van der Waals surface area (Å²) in [4.78, 5) is 16.5. The van der Waals surface area contributed by atoms with Crippen molar-refractivity contribution in [2.45, 2.75) is 19.4 Å². The van der Waals surface area contributed by atoms with Gasteiger partial charge in [-0.15, -0.1) is 0 Å². The van der Waals surface area contributed by atoms with Gasteiger partial charge in [-0.3, -0.25) is 4.79 Å². The Morgan fingerprint density at radius 1 is 1.03 bits per heavy atom. The maximum absolute atomic E-state index is 12.3. The average Bonchev–Trinajstić information content (AvgIpc) is 3.25. The van der Waals surface area contributed by atoms with E-state index >= 15 is 0 Å². The molecule has 0 aliphatic rings. The standard InChI is InChI=1S/C22H23ClN2O5/c1-27-17-11-19(29-3)18(28-2)10-15(17)12-24-21(26)8-9-22-25-13-20(30-22)14-4-6-16(23)7-5-14/h4-7,10-11,13H,8-9,12H2,1-3H3,(H,24,26). The van der Waals surface area contributed by atoms with Gasteiger partial charge in [0.2, 0.25) is 5.91 Å². The van der Waals surface area contributed by atoms with E-state index in [2.05, 4.69) is 10.3 Å². The molecule has 0 spiro atoms. The number of nitrogens with zero attached hydrogens (tertiary/aromatic N) is 1. The lowest BCUT2D eigenvalue weighted by Gasteiger charge is -2.14. The minimum Gasteiger partial charge on any atom is -0.496 e. The molecule has 0 aliphatic carbocycles. The smallest absolute Gasteiger partial charge is 0.220 e. The number of aromatic nitrogens is 1. The van der Waals surface area contributed by atoms with E-state index in [1.54, 1.807) is 51.8 Å². The van der Waals surface area contributed by atoms with Gasteiger partial charge in [-0.05, 0) is 30.3 Å². The van der Waals surface area contributed by atoms with Gasteiger partial charge in [-0.2, -0.15) is 0 Å². The summed E-state index contributed by atoms with van der Waals surface area (Å²) in [6, 6.07) is 10.8. The second kappa shape index (κ2) is 10.0. The summed E-state index contributed by atoms with van der Waals surface area (Å²) in [6.07, 6.45) is 2.28. The number of carbonyl (C=O) groups is 1. The van der Waals surface area contributed by atoms with Crippen LogP contribution in [0.25, 0.3) is 11.3 Å². The van der Waals surface area contributed by atoms with Crippen molar-refractivity contribution in [1.29, 1.82) is 0 Å². The van der Waals surface area contributed by atoms with Crippen LogP contribution < -0.4 is 19.5 Å². The Labute approximate surface area is 179 Å². The Kier molecular flexibility index (Phi) is 7.19. The first-order valence-electron chi connectivity index (χ1n) is 9.30. The summed E-state index contributed by atoms with van der Waals surface area (Å²) in [5.41, 5.74) is 1.66. The molecule has 0 fully saturated rings. The summed E-state index contributed by atoms with van der Waals surface area (Å²) in [6.45, 7) is 0.296. The van der Waals surface area contributed by atoms with Gasteiger partial charge in [-0.25, -0.2) is 4.98 Å². The molecule has 1 heterocycles. The van der Waals surface area contributed by atoms with Crippen molar-refractivity contribution in [3.8, 4) is 28.6 Å². The summed E-state index contributed by atoms with van der Waals surface area (Å²) in [7, 11) is 4.68. The molecular weight excluding hydrogens is 408 g/mol. The van der Waals surface area contributed by atoms with Crippen LogP contribution in [0.2, 0.25) is 5.02 Å². The van der Waals surface area contributed by atoms with E-state index < -0.39 is 0 Å². The zero-order valence-corrected chi connectivity index (χ0v) is 17.8. The zero-order chi connectivity index (χ0) is 21.5. The second-order valence-electron chi connectivity index (χ2n) is 6.42. The van der Waals surface area contributed by atoms with Crippen LogP contribution in [0.1, 0.15) is 17.9 Å². The maximum Gasteiger partial charge on any atom is 0.220 e. The van der Waals surface area contributed by atoms with E-state index in [0.29, 0.717) is 46.9 Å². The number of oxazole rings is 1. The molecule has 0 atom stereocenters. The summed E-state index contributed by atoms with van der Waals surface area (Å²) < 4.78 is 21.7.